The van der Waals surface area contributed by atoms with Crippen molar-refractivity contribution in [3.05, 3.63) is 48.4 Å². The van der Waals surface area contributed by atoms with E-state index in [-0.39, 0.29) is 5.91 Å². The van der Waals surface area contributed by atoms with Crippen LogP contribution in [0.1, 0.15) is 25.5 Å². The molecule has 1 aliphatic heterocycles. The van der Waals surface area contributed by atoms with Crippen LogP contribution in [-0.2, 0) is 11.2 Å². The van der Waals surface area contributed by atoms with Crippen LogP contribution in [0.5, 0.6) is 0 Å². The van der Waals surface area contributed by atoms with E-state index in [2.05, 4.69) is 34.2 Å². The summed E-state index contributed by atoms with van der Waals surface area (Å²) in [6, 6.07) is 11.9. The average Bonchev–Trinajstić information content (AvgIpc) is 3.15. The molecule has 0 aliphatic carbocycles. The molecular formula is C20H27N3O2. The first-order valence-corrected chi connectivity index (χ1v) is 9.14. The van der Waals surface area contributed by atoms with Crippen LogP contribution >= 0.6 is 0 Å². The van der Waals surface area contributed by atoms with E-state index in [9.17, 15) is 4.79 Å². The minimum Gasteiger partial charge on any atom is -0.469 e. The summed E-state index contributed by atoms with van der Waals surface area (Å²) in [5.41, 5.74) is 2.07. The molecule has 1 aromatic carbocycles. The molecule has 1 amide bonds. The van der Waals surface area contributed by atoms with E-state index >= 15 is 0 Å². The number of benzene rings is 1. The topological polar surface area (TPSA) is 48.7 Å². The van der Waals surface area contributed by atoms with Gasteiger partial charge in [-0.15, -0.1) is 0 Å². The second-order valence-corrected chi connectivity index (χ2v) is 6.50. The Bertz CT molecular complexity index is 644. The van der Waals surface area contributed by atoms with Crippen molar-refractivity contribution in [3.8, 4) is 0 Å². The number of piperazine rings is 1. The summed E-state index contributed by atoms with van der Waals surface area (Å²) in [5, 5.41) is 2.95. The van der Waals surface area contributed by atoms with Gasteiger partial charge in [0.15, 0.2) is 0 Å². The van der Waals surface area contributed by atoms with Gasteiger partial charge < -0.3 is 14.6 Å². The fourth-order valence-corrected chi connectivity index (χ4v) is 3.22. The van der Waals surface area contributed by atoms with E-state index in [1.807, 2.05) is 24.3 Å². The molecular weight excluding hydrogens is 314 g/mol. The Morgan fingerprint density at radius 3 is 2.52 bits per heavy atom. The molecule has 5 heteroatoms. The van der Waals surface area contributed by atoms with Gasteiger partial charge in [0.1, 0.15) is 5.76 Å². The molecule has 1 N–H and O–H groups in total. The maximum absolute atomic E-state index is 12.0. The SMILES string of the molecule is CCCN1CCN(c2ccc(NC(=O)CCc3ccco3)cc2)CC1. The predicted molar refractivity (Wildman–Crippen MR) is 101 cm³/mol. The van der Waals surface area contributed by atoms with Gasteiger partial charge in [0.25, 0.3) is 0 Å². The summed E-state index contributed by atoms with van der Waals surface area (Å²) < 4.78 is 5.25. The first kappa shape index (κ1) is 17.5. The molecule has 134 valence electrons. The summed E-state index contributed by atoms with van der Waals surface area (Å²) in [6.07, 6.45) is 3.90. The number of amides is 1. The Labute approximate surface area is 149 Å². The minimum absolute atomic E-state index is 0.0114. The van der Waals surface area contributed by atoms with Gasteiger partial charge in [0, 0.05) is 50.4 Å². The number of rotatable bonds is 7. The number of aryl methyl sites for hydroxylation is 1. The van der Waals surface area contributed by atoms with E-state index in [1.165, 1.54) is 18.7 Å². The number of furan rings is 1. The van der Waals surface area contributed by atoms with Crippen molar-refractivity contribution in [2.24, 2.45) is 0 Å². The Morgan fingerprint density at radius 1 is 1.12 bits per heavy atom. The van der Waals surface area contributed by atoms with Crippen LogP contribution in [0, 0.1) is 0 Å². The Balaban J connectivity index is 1.46. The first-order valence-electron chi connectivity index (χ1n) is 9.14. The van der Waals surface area contributed by atoms with Gasteiger partial charge >= 0.3 is 0 Å². The average molecular weight is 341 g/mol. The largest absolute Gasteiger partial charge is 0.469 e. The van der Waals surface area contributed by atoms with Crippen LogP contribution in [0.2, 0.25) is 0 Å². The maximum atomic E-state index is 12.0. The van der Waals surface area contributed by atoms with Crippen LogP contribution in [0.4, 0.5) is 11.4 Å². The van der Waals surface area contributed by atoms with Gasteiger partial charge in [-0.05, 0) is 49.4 Å². The van der Waals surface area contributed by atoms with Gasteiger partial charge in [0.2, 0.25) is 5.91 Å². The second-order valence-electron chi connectivity index (χ2n) is 6.50. The van der Waals surface area contributed by atoms with Gasteiger partial charge in [-0.2, -0.15) is 0 Å². The van der Waals surface area contributed by atoms with Crippen molar-refractivity contribution in [1.82, 2.24) is 4.90 Å². The summed E-state index contributed by atoms with van der Waals surface area (Å²) in [4.78, 5) is 17.0. The lowest BCUT2D eigenvalue weighted by atomic mass is 10.2. The molecule has 0 saturated carbocycles. The zero-order valence-electron chi connectivity index (χ0n) is 14.9. The minimum atomic E-state index is 0.0114. The van der Waals surface area contributed by atoms with Crippen molar-refractivity contribution in [2.45, 2.75) is 26.2 Å². The number of carbonyl (C=O) groups excluding carboxylic acids is 1. The predicted octanol–water partition coefficient (Wildman–Crippen LogP) is 3.38. The van der Waals surface area contributed by atoms with Crippen molar-refractivity contribution in [1.29, 1.82) is 0 Å². The number of nitrogens with zero attached hydrogens (tertiary/aromatic N) is 2. The molecule has 1 saturated heterocycles. The van der Waals surface area contributed by atoms with Crippen LogP contribution < -0.4 is 10.2 Å². The smallest absolute Gasteiger partial charge is 0.224 e. The molecule has 2 aromatic rings. The highest BCUT2D eigenvalue weighted by Crippen LogP contribution is 2.20. The molecule has 25 heavy (non-hydrogen) atoms. The fourth-order valence-electron chi connectivity index (χ4n) is 3.22. The Hall–Kier alpha value is -2.27. The van der Waals surface area contributed by atoms with Crippen LogP contribution in [0.25, 0.3) is 0 Å². The molecule has 5 nitrogen and oxygen atoms in total. The molecule has 1 aromatic heterocycles. The Kier molecular flexibility index (Phi) is 6.12. The van der Waals surface area contributed by atoms with E-state index in [0.717, 1.165) is 37.6 Å². The van der Waals surface area contributed by atoms with Crippen molar-refractivity contribution in [3.63, 3.8) is 0 Å². The van der Waals surface area contributed by atoms with Crippen molar-refractivity contribution in [2.75, 3.05) is 42.9 Å². The van der Waals surface area contributed by atoms with E-state index in [0.29, 0.717) is 12.8 Å². The lowest BCUT2D eigenvalue weighted by Crippen LogP contribution is -2.46. The second kappa shape index (κ2) is 8.72. The summed E-state index contributed by atoms with van der Waals surface area (Å²) >= 11 is 0. The van der Waals surface area contributed by atoms with E-state index in [1.54, 1.807) is 6.26 Å². The molecule has 1 aliphatic rings. The maximum Gasteiger partial charge on any atom is 0.224 e. The standard InChI is InChI=1S/C20H27N3O2/c1-2-11-22-12-14-23(15-13-22)18-7-5-17(6-8-18)21-20(24)10-9-19-4-3-16-25-19/h3-8,16H,2,9-15H2,1H3,(H,21,24). The number of nitrogens with one attached hydrogen (secondary N) is 1. The fraction of sp³-hybridized carbons (Fsp3) is 0.450. The number of hydrogen-bond donors (Lipinski definition) is 1. The number of carbonyl (C=O) groups is 1. The highest BCUT2D eigenvalue weighted by atomic mass is 16.3. The van der Waals surface area contributed by atoms with Gasteiger partial charge in [-0.3, -0.25) is 9.69 Å². The summed E-state index contributed by atoms with van der Waals surface area (Å²) in [6.45, 7) is 7.80. The molecule has 0 atom stereocenters. The van der Waals surface area contributed by atoms with E-state index < -0.39 is 0 Å². The first-order chi connectivity index (χ1) is 12.2. The zero-order chi connectivity index (χ0) is 17.5. The molecule has 1 fully saturated rings. The zero-order valence-corrected chi connectivity index (χ0v) is 14.9. The highest BCUT2D eigenvalue weighted by molar-refractivity contribution is 5.91. The highest BCUT2D eigenvalue weighted by Gasteiger charge is 2.16. The van der Waals surface area contributed by atoms with Gasteiger partial charge in [0.05, 0.1) is 6.26 Å². The van der Waals surface area contributed by atoms with Gasteiger partial charge in [-0.1, -0.05) is 6.92 Å². The van der Waals surface area contributed by atoms with Crippen LogP contribution in [-0.4, -0.2) is 43.5 Å². The third-order valence-electron chi connectivity index (χ3n) is 4.61. The lowest BCUT2D eigenvalue weighted by Gasteiger charge is -2.36. The quantitative estimate of drug-likeness (QED) is 0.839. The summed E-state index contributed by atoms with van der Waals surface area (Å²) in [7, 11) is 0. The van der Waals surface area contributed by atoms with Crippen molar-refractivity contribution >= 4 is 17.3 Å². The van der Waals surface area contributed by atoms with Gasteiger partial charge in [-0.25, -0.2) is 0 Å². The molecule has 0 unspecified atom stereocenters. The third kappa shape index (κ3) is 5.10. The molecule has 2 heterocycles. The van der Waals surface area contributed by atoms with Crippen LogP contribution in [0.3, 0.4) is 0 Å². The lowest BCUT2D eigenvalue weighted by molar-refractivity contribution is -0.116. The third-order valence-corrected chi connectivity index (χ3v) is 4.61. The molecule has 0 spiro atoms. The normalized spacial score (nSPS) is 15.3. The number of anilines is 2. The molecule has 3 rings (SSSR count). The Morgan fingerprint density at radius 2 is 1.88 bits per heavy atom. The summed E-state index contributed by atoms with van der Waals surface area (Å²) in [5.74, 6) is 0.852. The van der Waals surface area contributed by atoms with E-state index in [4.69, 9.17) is 4.42 Å². The monoisotopic (exact) mass is 341 g/mol. The molecule has 0 radical (unpaired) electrons. The van der Waals surface area contributed by atoms with Crippen molar-refractivity contribution < 1.29 is 9.21 Å². The molecule has 0 bridgehead atoms. The number of hydrogen-bond acceptors (Lipinski definition) is 4. The van der Waals surface area contributed by atoms with Crippen LogP contribution in [0.15, 0.2) is 47.1 Å².